The van der Waals surface area contributed by atoms with E-state index in [2.05, 4.69) is 40.0 Å². The molecular weight excluding hydrogens is 1180 g/mol. The van der Waals surface area contributed by atoms with Crippen LogP contribution in [0, 0.1) is 38.3 Å². The van der Waals surface area contributed by atoms with Gasteiger partial charge in [-0.2, -0.15) is 0 Å². The number of carbonyl (C=O) groups is 6. The number of nitrogens with one attached hydrogen (secondary N) is 3. The summed E-state index contributed by atoms with van der Waals surface area (Å²) in [6.45, 7) is 14.1. The van der Waals surface area contributed by atoms with Gasteiger partial charge in [-0.1, -0.05) is 43.0 Å². The van der Waals surface area contributed by atoms with E-state index in [9.17, 15) is 37.5 Å². The highest BCUT2D eigenvalue weighted by molar-refractivity contribution is 7.15. The first-order chi connectivity index (χ1) is 42.0. The van der Waals surface area contributed by atoms with Gasteiger partial charge in [0.1, 0.15) is 52.6 Å². The monoisotopic (exact) mass is 1250 g/mol. The van der Waals surface area contributed by atoms with Gasteiger partial charge in [-0.05, 0) is 115 Å². The lowest BCUT2D eigenvalue weighted by Crippen LogP contribution is -2.60. The third-order valence-corrected chi connectivity index (χ3v) is 17.6. The molecule has 25 heteroatoms. The molecule has 2 aliphatic heterocycles. The number of hydrogen-bond acceptors (Lipinski definition) is 14. The number of aryl methyl sites for hydroxylation is 3. The molecule has 3 atom stereocenters. The van der Waals surface area contributed by atoms with Crippen LogP contribution in [0.2, 0.25) is 5.02 Å². The summed E-state index contributed by atoms with van der Waals surface area (Å²) in [6, 6.07) is 13.9. The largest absolute Gasteiger partial charge is 0.491 e. The topological polar surface area (TPSA) is 233 Å². The van der Waals surface area contributed by atoms with Crippen molar-refractivity contribution in [3.63, 3.8) is 0 Å². The molecule has 0 spiro atoms. The molecule has 6 amide bonds. The van der Waals surface area contributed by atoms with Crippen LogP contribution in [0.3, 0.4) is 0 Å². The number of fused-ring (bicyclic) bond motifs is 4. The maximum absolute atomic E-state index is 14.8. The number of aliphatic imine (C=N–C) groups is 1. The molecule has 6 aromatic rings. The van der Waals surface area contributed by atoms with E-state index < -0.39 is 59.2 Å². The summed E-state index contributed by atoms with van der Waals surface area (Å²) in [7, 11) is 2.97. The van der Waals surface area contributed by atoms with Gasteiger partial charge in [0.25, 0.3) is 11.8 Å². The molecule has 470 valence electrons. The molecule has 1 saturated heterocycles. The van der Waals surface area contributed by atoms with Crippen LogP contribution >= 0.6 is 22.9 Å². The van der Waals surface area contributed by atoms with E-state index in [4.69, 9.17) is 35.5 Å². The Bertz CT molecular complexity index is 3590. The first-order valence-corrected chi connectivity index (χ1v) is 30.8. The molecule has 3 aromatic carbocycles. The van der Waals surface area contributed by atoms with Gasteiger partial charge in [-0.3, -0.25) is 38.4 Å². The van der Waals surface area contributed by atoms with E-state index in [1.807, 2.05) is 35.8 Å². The molecule has 5 heterocycles. The number of likely N-dealkylation sites (N-methyl/N-ethyl adjacent to an activating group) is 1. The van der Waals surface area contributed by atoms with Crippen LogP contribution in [0.5, 0.6) is 5.75 Å². The van der Waals surface area contributed by atoms with Crippen LogP contribution in [0.15, 0.2) is 65.7 Å². The Morgan fingerprint density at radius 2 is 1.49 bits per heavy atom. The standard InChI is InChI=1S/C63H76ClF2N11O10S/c1-36-38(3)88-61-51(36)53(41-15-17-42(64)18-16-41)69-48(56-72-71-39(4)77(56)61)35-50(78)68-43-19-21-44(22-20-43)86-32-31-85-30-29-84-28-23-67-58(80)52-45-33-46(65)47(66)34-49(45)74(9)55(52)60(82)76-26-24-75(25-27-76)59(81)54(40-13-11-10-12-14-40)70-57(79)37(2)73(8)62(83)87-63(5,6)7/h15-22,33-34,37,40,48,54H,10-14,23-32,35H2,1-9H3,(H,67,80)(H,68,78)(H,70,79)/t37?,48-,54?/m0/s1. The van der Waals surface area contributed by atoms with E-state index >= 15 is 0 Å². The summed E-state index contributed by atoms with van der Waals surface area (Å²) in [4.78, 5) is 93.5. The van der Waals surface area contributed by atoms with Gasteiger partial charge >= 0.3 is 6.09 Å². The quantitative estimate of drug-likeness (QED) is 0.0573. The SMILES string of the molecule is Cc1sc2c(c1C)C(c1ccc(Cl)cc1)=N[C@@H](CC(=O)Nc1ccc(OCCOCCOCCNC(=O)c3c(C(=O)N4CCN(C(=O)C(NC(=O)C(C)N(C)C(=O)OC(C)(C)C)C5CCCCC5)CC4)n(C)c4cc(F)c(F)cc34)cc1)c1nnc(C)n1-2. The van der Waals surface area contributed by atoms with Crippen molar-refractivity contribution in [3.05, 3.63) is 122 Å². The van der Waals surface area contributed by atoms with Crippen molar-refractivity contribution in [2.24, 2.45) is 18.0 Å². The molecule has 21 nitrogen and oxygen atoms in total. The minimum Gasteiger partial charge on any atom is -0.491 e. The van der Waals surface area contributed by atoms with Gasteiger partial charge in [-0.15, -0.1) is 21.5 Å². The minimum atomic E-state index is -1.19. The van der Waals surface area contributed by atoms with Crippen LogP contribution in [-0.4, -0.2) is 166 Å². The van der Waals surface area contributed by atoms with Gasteiger partial charge < -0.3 is 49.3 Å². The van der Waals surface area contributed by atoms with E-state index in [1.54, 1.807) is 68.2 Å². The van der Waals surface area contributed by atoms with E-state index in [0.29, 0.717) is 28.1 Å². The molecule has 2 fully saturated rings. The van der Waals surface area contributed by atoms with Gasteiger partial charge in [0.15, 0.2) is 17.5 Å². The number of anilines is 1. The van der Waals surface area contributed by atoms with E-state index in [1.165, 1.54) is 28.5 Å². The molecular formula is C63H76ClF2N11O10S. The Morgan fingerprint density at radius 1 is 0.841 bits per heavy atom. The number of halogens is 3. The summed E-state index contributed by atoms with van der Waals surface area (Å²) >= 11 is 7.90. The fourth-order valence-corrected chi connectivity index (χ4v) is 12.5. The molecule has 88 heavy (non-hydrogen) atoms. The molecule has 3 aromatic heterocycles. The average molecular weight is 1250 g/mol. The number of ether oxygens (including phenoxy) is 4. The number of thiophene rings is 1. The lowest BCUT2D eigenvalue weighted by Gasteiger charge is -2.39. The lowest BCUT2D eigenvalue weighted by atomic mass is 9.83. The highest BCUT2D eigenvalue weighted by atomic mass is 35.5. The Labute approximate surface area is 519 Å². The van der Waals surface area contributed by atoms with Crippen molar-refractivity contribution in [2.45, 2.75) is 111 Å². The second kappa shape index (κ2) is 28.1. The molecule has 3 N–H and O–H groups in total. The lowest BCUT2D eigenvalue weighted by molar-refractivity contribution is -0.140. The number of aromatic nitrogens is 4. The average Bonchev–Trinajstić information content (AvgIpc) is 1.91. The zero-order valence-corrected chi connectivity index (χ0v) is 52.7. The van der Waals surface area contributed by atoms with E-state index in [0.717, 1.165) is 76.5 Å². The van der Waals surface area contributed by atoms with Crippen molar-refractivity contribution in [1.82, 2.24) is 44.7 Å². The van der Waals surface area contributed by atoms with Gasteiger partial charge in [0.05, 0.1) is 49.6 Å². The molecule has 0 bridgehead atoms. The maximum Gasteiger partial charge on any atom is 0.410 e. The van der Waals surface area contributed by atoms with Crippen molar-refractivity contribution < 1.29 is 56.5 Å². The normalized spacial score (nSPS) is 16.0. The third-order valence-electron chi connectivity index (χ3n) is 16.2. The molecule has 9 rings (SSSR count). The Kier molecular flexibility index (Phi) is 20.7. The minimum absolute atomic E-state index is 0.0113. The van der Waals surface area contributed by atoms with Gasteiger partial charge in [0, 0.05) is 85.0 Å². The van der Waals surface area contributed by atoms with Crippen molar-refractivity contribution in [3.8, 4) is 10.8 Å². The number of piperazine rings is 1. The van der Waals surface area contributed by atoms with Crippen LogP contribution in [0.1, 0.15) is 126 Å². The van der Waals surface area contributed by atoms with Crippen LogP contribution in [0.25, 0.3) is 15.9 Å². The van der Waals surface area contributed by atoms with Crippen LogP contribution < -0.4 is 20.7 Å². The van der Waals surface area contributed by atoms with Crippen molar-refractivity contribution >= 4 is 80.9 Å². The number of carbonyl (C=O) groups excluding carboxylic acids is 6. The predicted molar refractivity (Wildman–Crippen MR) is 330 cm³/mol. The predicted octanol–water partition coefficient (Wildman–Crippen LogP) is 9.05. The first-order valence-electron chi connectivity index (χ1n) is 29.6. The number of benzene rings is 3. The molecule has 1 saturated carbocycles. The van der Waals surface area contributed by atoms with Gasteiger partial charge in [0.2, 0.25) is 17.7 Å². The number of hydrogen-bond donors (Lipinski definition) is 3. The Morgan fingerprint density at radius 3 is 2.17 bits per heavy atom. The zero-order chi connectivity index (χ0) is 63.1. The Hall–Kier alpha value is -7.80. The number of amides is 6. The number of nitrogens with zero attached hydrogens (tertiary/aromatic N) is 8. The molecule has 2 unspecified atom stereocenters. The second-order valence-corrected chi connectivity index (χ2v) is 25.0. The molecule has 3 aliphatic rings. The summed E-state index contributed by atoms with van der Waals surface area (Å²) in [5.41, 5.74) is 3.41. The highest BCUT2D eigenvalue weighted by Gasteiger charge is 2.39. The van der Waals surface area contributed by atoms with Crippen molar-refractivity contribution in [2.75, 3.05) is 78.1 Å². The summed E-state index contributed by atoms with van der Waals surface area (Å²) in [6.07, 6.45) is 3.63. The zero-order valence-electron chi connectivity index (χ0n) is 51.1. The van der Waals surface area contributed by atoms with Crippen LogP contribution in [-0.2, 0) is 35.6 Å². The fraction of sp³-hybridized carbons (Fsp3) is 0.476. The van der Waals surface area contributed by atoms with E-state index in [-0.39, 0.29) is 112 Å². The smallest absolute Gasteiger partial charge is 0.410 e. The maximum atomic E-state index is 14.8. The second-order valence-electron chi connectivity index (χ2n) is 23.3. The molecule has 1 aliphatic carbocycles. The fourth-order valence-electron chi connectivity index (χ4n) is 11.2. The summed E-state index contributed by atoms with van der Waals surface area (Å²) in [5, 5.41) is 19.2. The van der Waals surface area contributed by atoms with Crippen molar-refractivity contribution in [1.29, 1.82) is 0 Å². The van der Waals surface area contributed by atoms with Crippen LogP contribution in [0.4, 0.5) is 19.3 Å². The first kappa shape index (κ1) is 64.7. The molecule has 0 radical (unpaired) electrons. The Balaban J connectivity index is 0.724. The summed E-state index contributed by atoms with van der Waals surface area (Å²) < 4.78 is 55.6. The number of rotatable bonds is 21. The third kappa shape index (κ3) is 14.8. The summed E-state index contributed by atoms with van der Waals surface area (Å²) in [5.74, 6) is -2.95. The van der Waals surface area contributed by atoms with Gasteiger partial charge in [-0.25, -0.2) is 13.6 Å². The highest BCUT2D eigenvalue weighted by Crippen LogP contribution is 2.40.